The summed E-state index contributed by atoms with van der Waals surface area (Å²) in [5, 5.41) is 2.05. The van der Waals surface area contributed by atoms with Crippen molar-refractivity contribution in [2.24, 2.45) is 5.92 Å². The lowest BCUT2D eigenvalue weighted by Crippen LogP contribution is -2.30. The molecule has 0 aliphatic carbocycles. The van der Waals surface area contributed by atoms with Crippen LogP contribution in [0.5, 0.6) is 11.5 Å². The van der Waals surface area contributed by atoms with Crippen molar-refractivity contribution >= 4 is 21.8 Å². The fourth-order valence-corrected chi connectivity index (χ4v) is 7.91. The van der Waals surface area contributed by atoms with E-state index in [-0.39, 0.29) is 34.4 Å². The van der Waals surface area contributed by atoms with Gasteiger partial charge in [-0.1, -0.05) is 146 Å². The van der Waals surface area contributed by atoms with Crippen molar-refractivity contribution in [3.8, 4) is 50.9 Å². The molecule has 6 aromatic carbocycles. The van der Waals surface area contributed by atoms with E-state index in [9.17, 15) is 0 Å². The predicted molar refractivity (Wildman–Crippen MR) is 252 cm³/mol. The Morgan fingerprint density at radius 2 is 1.39 bits per heavy atom. The highest BCUT2D eigenvalue weighted by Gasteiger charge is 2.23. The first-order valence-electron chi connectivity index (χ1n) is 24.3. The maximum atomic E-state index is 9.04. The number of imidazole rings is 1. The molecule has 61 heavy (non-hydrogen) atoms. The van der Waals surface area contributed by atoms with Gasteiger partial charge in [0.25, 0.3) is 6.33 Å². The van der Waals surface area contributed by atoms with Crippen molar-refractivity contribution in [2.45, 2.75) is 72.6 Å². The molecule has 0 bridgehead atoms. The van der Waals surface area contributed by atoms with E-state index in [1.807, 2.05) is 120 Å². The predicted octanol–water partition coefficient (Wildman–Crippen LogP) is 14.0. The largest absolute Gasteiger partial charge is 0.458 e. The van der Waals surface area contributed by atoms with Crippen molar-refractivity contribution in [3.63, 3.8) is 0 Å². The number of benzene rings is 6. The van der Waals surface area contributed by atoms with E-state index in [4.69, 9.17) is 19.3 Å². The molecule has 5 heteroatoms. The number of para-hydroxylation sites is 2. The second-order valence-electron chi connectivity index (χ2n) is 18.0. The third kappa shape index (κ3) is 8.01. The minimum absolute atomic E-state index is 0.107. The summed E-state index contributed by atoms with van der Waals surface area (Å²) in [6.07, 6.45) is 7.37. The zero-order valence-electron chi connectivity index (χ0n) is 43.0. The van der Waals surface area contributed by atoms with Crippen LogP contribution in [0.1, 0.15) is 81.7 Å². The van der Waals surface area contributed by atoms with Crippen LogP contribution >= 0.6 is 0 Å². The summed E-state index contributed by atoms with van der Waals surface area (Å²) in [7, 11) is 0. The number of rotatable bonds is 9. The van der Waals surface area contributed by atoms with Gasteiger partial charge in [0.1, 0.15) is 17.3 Å². The van der Waals surface area contributed by atoms with Crippen LogP contribution in [-0.2, 0) is 17.2 Å². The lowest BCUT2D eigenvalue weighted by molar-refractivity contribution is -0.598. The molecule has 0 radical (unpaired) electrons. The monoisotopic (exact) mass is 805 g/mol. The average molecular weight is 806 g/mol. The Kier molecular flexibility index (Phi) is 8.27. The molecule has 0 fully saturated rings. The van der Waals surface area contributed by atoms with Crippen LogP contribution in [0.15, 0.2) is 164 Å². The van der Waals surface area contributed by atoms with Crippen molar-refractivity contribution in [2.75, 3.05) is 0 Å². The Balaban J connectivity index is 1.15. The molecule has 0 N–H and O–H groups in total. The third-order valence-electron chi connectivity index (χ3n) is 11.0. The number of ether oxygens (including phenoxy) is 1. The highest BCUT2D eigenvalue weighted by molar-refractivity contribution is 6.09. The lowest BCUT2D eigenvalue weighted by Gasteiger charge is -2.27. The molecule has 0 unspecified atom stereocenters. The van der Waals surface area contributed by atoms with E-state index in [0.29, 0.717) is 34.1 Å². The van der Waals surface area contributed by atoms with Gasteiger partial charge in [-0.25, -0.2) is 4.98 Å². The van der Waals surface area contributed by atoms with Crippen LogP contribution in [-0.4, -0.2) is 14.1 Å². The zero-order chi connectivity index (χ0) is 48.6. The molecule has 0 aliphatic rings. The molecule has 0 spiro atoms. The van der Waals surface area contributed by atoms with Gasteiger partial charge < -0.3 is 4.74 Å². The number of fused-ring (bicyclic) bond motifs is 3. The first-order chi connectivity index (χ1) is 32.1. The summed E-state index contributed by atoms with van der Waals surface area (Å²) < 4.78 is 73.6. The molecule has 9 rings (SSSR count). The molecule has 3 aromatic heterocycles. The number of nitrogens with zero attached hydrogens (tertiary/aromatic N) is 4. The van der Waals surface area contributed by atoms with Gasteiger partial charge >= 0.3 is 0 Å². The maximum Gasteiger partial charge on any atom is 0.268 e. The number of pyridine rings is 1. The molecular weight excluding hydrogens is 745 g/mol. The second-order valence-corrected chi connectivity index (χ2v) is 18.0. The highest BCUT2D eigenvalue weighted by atomic mass is 16.5. The number of hydrogen-bond acceptors (Lipinski definition) is 2. The minimum atomic E-state index is -1.55. The van der Waals surface area contributed by atoms with Crippen LogP contribution in [0, 0.1) is 12.2 Å². The summed E-state index contributed by atoms with van der Waals surface area (Å²) in [6.45, 7) is 16.9. The second kappa shape index (κ2) is 15.7. The fourth-order valence-electron chi connectivity index (χ4n) is 7.91. The van der Waals surface area contributed by atoms with Gasteiger partial charge in [0, 0.05) is 38.2 Å². The van der Waals surface area contributed by atoms with E-state index in [1.165, 1.54) is 0 Å². The van der Waals surface area contributed by atoms with Gasteiger partial charge in [-0.05, 0) is 111 Å². The summed E-state index contributed by atoms with van der Waals surface area (Å²) >= 11 is 0. The van der Waals surface area contributed by atoms with Gasteiger partial charge in [-0.15, -0.1) is 0 Å². The topological polar surface area (TPSA) is 35.9 Å². The van der Waals surface area contributed by atoms with Gasteiger partial charge in [0.2, 0.25) is 0 Å². The van der Waals surface area contributed by atoms with Gasteiger partial charge in [-0.2, -0.15) is 0 Å². The Hall–Kier alpha value is -6.72. The number of hydrogen-bond donors (Lipinski definition) is 0. The maximum absolute atomic E-state index is 9.04. The van der Waals surface area contributed by atoms with E-state index < -0.39 is 24.5 Å². The number of aromatic nitrogens is 4. The molecule has 0 saturated heterocycles. The first kappa shape index (κ1) is 32.1. The molecule has 0 saturated carbocycles. The summed E-state index contributed by atoms with van der Waals surface area (Å²) in [4.78, 5) is 4.73. The van der Waals surface area contributed by atoms with Gasteiger partial charge in [-0.3, -0.25) is 13.7 Å². The Morgan fingerprint density at radius 1 is 0.705 bits per heavy atom. The molecule has 9 aromatic rings. The quantitative estimate of drug-likeness (QED) is 0.108. The van der Waals surface area contributed by atoms with Crippen molar-refractivity contribution in [3.05, 3.63) is 187 Å². The van der Waals surface area contributed by atoms with Crippen molar-refractivity contribution < 1.29 is 18.9 Å². The zero-order valence-corrected chi connectivity index (χ0v) is 36.0. The molecule has 3 heterocycles. The van der Waals surface area contributed by atoms with Gasteiger partial charge in [0.05, 0.1) is 29.3 Å². The van der Waals surface area contributed by atoms with E-state index in [0.717, 1.165) is 49.7 Å². The molecule has 304 valence electrons. The lowest BCUT2D eigenvalue weighted by atomic mass is 9.78. The van der Waals surface area contributed by atoms with E-state index >= 15 is 0 Å². The van der Waals surface area contributed by atoms with Crippen LogP contribution < -0.4 is 9.30 Å². The molecular formula is C56H54N4O. The van der Waals surface area contributed by atoms with Crippen molar-refractivity contribution in [1.29, 1.82) is 0 Å². The molecule has 5 nitrogen and oxygen atoms in total. The molecule has 0 amide bonds. The normalized spacial score (nSPS) is 14.0. The summed E-state index contributed by atoms with van der Waals surface area (Å²) in [5.74, 6) is 1.56. The van der Waals surface area contributed by atoms with E-state index in [1.54, 1.807) is 12.3 Å². The SMILES string of the molecule is [2H]c1c([2H])c([2H])c(-c2cccc(-c3cc(C(C)(C)C)cc(C(C)(C)C)c3)c2-[n+]2[c-]n(-c3cccc(Oc4ccc5c6ccccc6n(-c6cc(C([2H])([2H])C(C)C)ccn6)c5c4)c3)cc2)c([2H])c1[2H]. The molecule has 0 atom stereocenters. The minimum Gasteiger partial charge on any atom is -0.458 e. The fraction of sp³-hybridized carbons (Fsp3) is 0.214. The first-order valence-corrected chi connectivity index (χ1v) is 20.8. The van der Waals surface area contributed by atoms with Crippen LogP contribution in [0.25, 0.3) is 61.3 Å². The highest BCUT2D eigenvalue weighted by Crippen LogP contribution is 2.39. The standard InChI is InChI=1S/C56H54N4O/c1-38(2)30-39-26-27-57-53(31-39)60-51-23-13-12-20-49(51)50-25-24-46(36-52(50)60)61-45-19-14-18-44(35-45)58-28-29-59(37-58)54-47(40-16-10-9-11-17-40)21-15-22-48(54)41-32-42(55(3,4)5)34-43(33-41)56(6,7)8/h9-29,31-36,38H,30H2,1-8H3/i9D,10D,11D,16D,17D,30D2. The Morgan fingerprint density at radius 3 is 2.13 bits per heavy atom. The Bertz CT molecular complexity index is 3370. The van der Waals surface area contributed by atoms with E-state index in [2.05, 4.69) is 76.7 Å². The van der Waals surface area contributed by atoms with Gasteiger partial charge in [0.15, 0.2) is 0 Å². The average Bonchev–Trinajstić information content (AvgIpc) is 3.93. The van der Waals surface area contributed by atoms with Crippen LogP contribution in [0.2, 0.25) is 0 Å². The van der Waals surface area contributed by atoms with Crippen LogP contribution in [0.4, 0.5) is 0 Å². The molecule has 0 aliphatic heterocycles. The smallest absolute Gasteiger partial charge is 0.268 e. The summed E-state index contributed by atoms with van der Waals surface area (Å²) in [6, 6.07) is 35.9. The Labute approximate surface area is 370 Å². The van der Waals surface area contributed by atoms with Crippen molar-refractivity contribution in [1.82, 2.24) is 14.1 Å². The summed E-state index contributed by atoms with van der Waals surface area (Å²) in [5.41, 5.74) is 8.04. The van der Waals surface area contributed by atoms with Crippen LogP contribution in [0.3, 0.4) is 0 Å². The third-order valence-corrected chi connectivity index (χ3v) is 11.0.